The van der Waals surface area contributed by atoms with Crippen LogP contribution in [0.4, 0.5) is 0 Å². The largest absolute Gasteiger partial charge is 0.462 e. The highest BCUT2D eigenvalue weighted by Gasteiger charge is 2.59. The van der Waals surface area contributed by atoms with Gasteiger partial charge >= 0.3 is 47.8 Å². The number of hydrogen-bond acceptors (Lipinski definition) is 18. The van der Waals surface area contributed by atoms with Crippen molar-refractivity contribution in [3.05, 3.63) is 0 Å². The maximum atomic E-state index is 12.4. The van der Waals surface area contributed by atoms with Gasteiger partial charge in [0.25, 0.3) is 0 Å². The molecule has 2 atom stereocenters. The van der Waals surface area contributed by atoms with Gasteiger partial charge in [0.1, 0.15) is 22.9 Å². The van der Waals surface area contributed by atoms with E-state index in [4.69, 9.17) is 37.9 Å². The molecule has 0 aromatic rings. The van der Waals surface area contributed by atoms with Gasteiger partial charge in [-0.1, -0.05) is 87.5 Å². The highest BCUT2D eigenvalue weighted by Crippen LogP contribution is 2.64. The average Bonchev–Trinajstić information content (AvgIpc) is 1.14. The fraction of sp³-hybridized carbons (Fsp3) is 0.888. The average molecular weight is 1510 g/mol. The van der Waals surface area contributed by atoms with E-state index in [0.29, 0.717) is 50.4 Å². The summed E-state index contributed by atoms with van der Waals surface area (Å²) in [6.07, 6.45) is 30.9. The highest BCUT2D eigenvalue weighted by molar-refractivity contribution is 5.89. The molecule has 4 bridgehead atoms. The minimum absolute atomic E-state index is 0.0214. The number of rotatable bonds is 25. The smallest absolute Gasteiger partial charge is 0.344 e. The van der Waals surface area contributed by atoms with Gasteiger partial charge in [-0.15, -0.1) is 0 Å². The first-order valence-corrected chi connectivity index (χ1v) is 42.0. The normalized spacial score (nSPS) is 25.5. The molecule has 0 amide bonds. The van der Waals surface area contributed by atoms with Gasteiger partial charge in [0.15, 0.2) is 37.0 Å². The van der Waals surface area contributed by atoms with Gasteiger partial charge in [-0.25, -0.2) is 9.59 Å². The van der Waals surface area contributed by atoms with E-state index in [1.54, 1.807) is 0 Å². The van der Waals surface area contributed by atoms with E-state index in [2.05, 4.69) is 41.5 Å². The van der Waals surface area contributed by atoms with Crippen LogP contribution in [-0.4, -0.2) is 108 Å². The monoisotopic (exact) mass is 1510 g/mol. The van der Waals surface area contributed by atoms with E-state index in [-0.39, 0.29) is 88.5 Å². The summed E-state index contributed by atoms with van der Waals surface area (Å²) in [7, 11) is 0. The summed E-state index contributed by atoms with van der Waals surface area (Å²) in [5, 5.41) is 0. The molecule has 0 radical (unpaired) electrons. The zero-order chi connectivity index (χ0) is 81.5. The lowest BCUT2D eigenvalue weighted by Gasteiger charge is -2.61. The Balaban J connectivity index is 0.000000338. The lowest BCUT2D eigenvalue weighted by molar-refractivity contribution is -0.203. The van der Waals surface area contributed by atoms with E-state index in [0.717, 1.165) is 93.8 Å². The Morgan fingerprint density at radius 2 is 0.645 bits per heavy atom. The summed E-state index contributed by atoms with van der Waals surface area (Å²) in [6, 6.07) is 0. The molecule has 0 aromatic heterocycles. The van der Waals surface area contributed by atoms with Gasteiger partial charge in [0.05, 0.1) is 32.5 Å². The Labute approximate surface area is 648 Å². The second-order valence-electron chi connectivity index (χ2n) is 38.9. The first-order chi connectivity index (χ1) is 49.3. The molecule has 0 heterocycles. The van der Waals surface area contributed by atoms with Gasteiger partial charge in [-0.3, -0.25) is 38.4 Å². The van der Waals surface area contributed by atoms with Crippen molar-refractivity contribution in [3.63, 3.8) is 0 Å². The van der Waals surface area contributed by atoms with Crippen LogP contribution in [0.2, 0.25) is 0 Å². The maximum Gasteiger partial charge on any atom is 0.344 e. The number of Topliss-reactive ketones (excluding diaryl/α,β-unsaturated/α-hetero) is 2. The molecule has 18 heteroatoms. The molecule has 0 N–H and O–H groups in total. The number of esters is 8. The second kappa shape index (κ2) is 41.6. The van der Waals surface area contributed by atoms with Gasteiger partial charge in [0.2, 0.25) is 0 Å². The van der Waals surface area contributed by atoms with Crippen LogP contribution in [0.1, 0.15) is 379 Å². The Hall–Kier alpha value is -4.90. The third-order valence-corrected chi connectivity index (χ3v) is 26.5. The lowest BCUT2D eigenvalue weighted by atomic mass is 9.46. The minimum Gasteiger partial charge on any atom is -0.462 e. The maximum absolute atomic E-state index is 12.4. The summed E-state index contributed by atoms with van der Waals surface area (Å²) < 4.78 is 43.5. The van der Waals surface area contributed by atoms with Gasteiger partial charge in [-0.05, 0) is 320 Å². The fourth-order valence-corrected chi connectivity index (χ4v) is 15.4. The van der Waals surface area contributed by atoms with Crippen LogP contribution in [0.25, 0.3) is 0 Å². The molecule has 9 fully saturated rings. The number of ketones is 2. The van der Waals surface area contributed by atoms with E-state index < -0.39 is 57.0 Å². The molecule has 9 aliphatic rings. The van der Waals surface area contributed by atoms with E-state index in [1.165, 1.54) is 96.3 Å². The van der Waals surface area contributed by atoms with E-state index >= 15 is 0 Å². The third kappa shape index (κ3) is 29.9. The third-order valence-electron chi connectivity index (χ3n) is 26.5. The number of ether oxygens (including phenoxy) is 8. The van der Waals surface area contributed by atoms with Crippen LogP contribution in [0, 0.1) is 79.3 Å². The van der Waals surface area contributed by atoms with Crippen LogP contribution in [0.3, 0.4) is 0 Å². The van der Waals surface area contributed by atoms with Gasteiger partial charge < -0.3 is 37.9 Å². The zero-order valence-corrected chi connectivity index (χ0v) is 72.5. The molecule has 0 saturated heterocycles. The fourth-order valence-electron chi connectivity index (χ4n) is 15.4. The first kappa shape index (κ1) is 96.3. The summed E-state index contributed by atoms with van der Waals surface area (Å²) in [6.45, 7) is 50.5. The molecule has 2 unspecified atom stereocenters. The van der Waals surface area contributed by atoms with Crippen LogP contribution < -0.4 is 0 Å². The quantitative estimate of drug-likeness (QED) is 0.0609. The predicted molar refractivity (Wildman–Crippen MR) is 420 cm³/mol. The summed E-state index contributed by atoms with van der Waals surface area (Å²) in [4.78, 5) is 118. The molecule has 618 valence electrons. The Bertz CT molecular complexity index is 2780. The van der Waals surface area contributed by atoms with E-state index in [9.17, 15) is 47.9 Å². The summed E-state index contributed by atoms with van der Waals surface area (Å²) in [5.41, 5.74) is -3.92. The van der Waals surface area contributed by atoms with Crippen LogP contribution in [-0.2, 0) is 85.8 Å². The molecule has 0 aromatic carbocycles. The van der Waals surface area contributed by atoms with Crippen molar-refractivity contribution >= 4 is 59.3 Å². The summed E-state index contributed by atoms with van der Waals surface area (Å²) >= 11 is 0. The second-order valence-corrected chi connectivity index (χ2v) is 38.9. The molecule has 18 nitrogen and oxygen atoms in total. The Morgan fingerprint density at radius 1 is 0.346 bits per heavy atom. The molecule has 9 saturated carbocycles. The van der Waals surface area contributed by atoms with Crippen molar-refractivity contribution in [1.82, 2.24) is 0 Å². The van der Waals surface area contributed by atoms with Crippen molar-refractivity contribution in [2.75, 3.05) is 13.2 Å². The molecular formula is C89H154O18. The number of carbonyl (C=O) groups excluding carboxylic acids is 10. The van der Waals surface area contributed by atoms with Crippen molar-refractivity contribution < 1.29 is 85.8 Å². The molecule has 107 heavy (non-hydrogen) atoms. The minimum atomic E-state index is -0.560. The molecule has 0 aliphatic heterocycles. The van der Waals surface area contributed by atoms with Crippen molar-refractivity contribution in [1.29, 1.82) is 0 Å². The topological polar surface area (TPSA) is 245 Å². The van der Waals surface area contributed by atoms with Crippen molar-refractivity contribution in [2.24, 2.45) is 79.3 Å². The van der Waals surface area contributed by atoms with Crippen molar-refractivity contribution in [3.8, 4) is 0 Å². The van der Waals surface area contributed by atoms with Crippen LogP contribution in [0.15, 0.2) is 0 Å². The van der Waals surface area contributed by atoms with Gasteiger partial charge in [0, 0.05) is 18.3 Å². The van der Waals surface area contributed by atoms with E-state index in [1.807, 2.05) is 138 Å². The number of hydrogen-bond donors (Lipinski definition) is 0. The lowest BCUT2D eigenvalue weighted by Crippen LogP contribution is -2.57. The van der Waals surface area contributed by atoms with Gasteiger partial charge in [-0.2, -0.15) is 0 Å². The molecule has 9 rings (SSSR count). The molecule has 9 aliphatic carbocycles. The number of carbonyl (C=O) groups is 10. The summed E-state index contributed by atoms with van der Waals surface area (Å²) in [5.74, 6) is 2.96. The Kier molecular flexibility index (Phi) is 37.4. The highest BCUT2D eigenvalue weighted by atomic mass is 16.6. The van der Waals surface area contributed by atoms with Crippen LogP contribution >= 0.6 is 0 Å². The standard InChI is InChI=1S/C21H34O4.C18H32O4.C16H30O2.C12H22O2.2C11H18O3/c1-6-19(2,3)18(23)24-13-17(22)25-20(4,5)21-10-14-7-15(11-21)9-16(8-14)12-21;1-7-17(3,4)16(20)21-12-15(19)22-18(5,6)14-10-8-13(2)9-11-14;1-7-15(3,4)14(17)18-16(5,6)13-10-8-12(2)9-11-13;1-4-12(2,3)11(13)14-10-8-6-5-7-9-10;2*1-4-11(2,3)10(13)14-9-7-5-6-8(9)12/h14-16H,6-13H2,1-5H3;13-14H,7-12H2,1-6H3;12-13H,7-11H2,1-6H3;10H,4-9H2,1-3H3;2*9H,4-7H2,1-3H3. The first-order valence-electron chi connectivity index (χ1n) is 42.0. The molecule has 0 spiro atoms. The predicted octanol–water partition coefficient (Wildman–Crippen LogP) is 20.7. The zero-order valence-electron chi connectivity index (χ0n) is 72.5. The molecular weight excluding hydrogens is 1360 g/mol. The SMILES string of the molecule is CCC(C)(C)C(=O)OC(C)(C)C1CCC(C)CC1.CCC(C)(C)C(=O)OC1CCCC1=O.CCC(C)(C)C(=O)OC1CCCC1=O.CCC(C)(C)C(=O)OC1CCCCC1.CCC(C)(C)C(=O)OCC(=O)OC(C)(C)C12CC3CC(CC(C3)C1)C2.CCC(C)(C)C(=O)OCC(=O)OC(C)(C)C1CCC(C)CC1. The Morgan fingerprint density at radius 3 is 0.963 bits per heavy atom. The van der Waals surface area contributed by atoms with Crippen LogP contribution in [0.5, 0.6) is 0 Å². The van der Waals surface area contributed by atoms with Crippen molar-refractivity contribution in [2.45, 2.75) is 414 Å².